The summed E-state index contributed by atoms with van der Waals surface area (Å²) < 4.78 is 1.22. The smallest absolute Gasteiger partial charge is 0.0235 e. The van der Waals surface area contributed by atoms with Crippen LogP contribution in [0.5, 0.6) is 0 Å². The highest BCUT2D eigenvalue weighted by molar-refractivity contribution is 9.11. The van der Waals surface area contributed by atoms with Crippen LogP contribution in [0.25, 0.3) is 0 Å². The second-order valence-corrected chi connectivity index (χ2v) is 6.66. The fraction of sp³-hybridized carbons (Fsp3) is 0.200. The number of halogens is 1. The van der Waals surface area contributed by atoms with Gasteiger partial charge in [0.25, 0.3) is 0 Å². The Kier molecular flexibility index (Phi) is 4.40. The molecule has 0 heterocycles. The van der Waals surface area contributed by atoms with Gasteiger partial charge in [0, 0.05) is 18.3 Å². The molecule has 2 aliphatic carbocycles. The fourth-order valence-electron chi connectivity index (χ4n) is 2.97. The normalized spacial score (nSPS) is 25.3. The molecular weight excluding hydrogens is 320 g/mol. The minimum Gasteiger partial charge on any atom is -0.0986 e. The summed E-state index contributed by atoms with van der Waals surface area (Å²) in [4.78, 5) is 0. The van der Waals surface area contributed by atoms with Crippen molar-refractivity contribution >= 4 is 15.9 Å². The van der Waals surface area contributed by atoms with Crippen LogP contribution < -0.4 is 0 Å². The van der Waals surface area contributed by atoms with Gasteiger partial charge in [0.15, 0.2) is 0 Å². The van der Waals surface area contributed by atoms with Gasteiger partial charge in [-0.15, -0.1) is 0 Å². The Labute approximate surface area is 135 Å². The summed E-state index contributed by atoms with van der Waals surface area (Å²) in [5.41, 5.74) is 3.95. The molecule has 0 amide bonds. The van der Waals surface area contributed by atoms with Crippen molar-refractivity contribution < 1.29 is 0 Å². The minimum atomic E-state index is 0.298. The van der Waals surface area contributed by atoms with Crippen LogP contribution in [0, 0.1) is 5.92 Å². The molecule has 106 valence electrons. The van der Waals surface area contributed by atoms with Crippen LogP contribution in [0.4, 0.5) is 0 Å². The van der Waals surface area contributed by atoms with E-state index in [-0.39, 0.29) is 0 Å². The van der Waals surface area contributed by atoms with E-state index in [9.17, 15) is 0 Å². The molecule has 0 saturated heterocycles. The van der Waals surface area contributed by atoms with Crippen molar-refractivity contribution in [2.75, 3.05) is 0 Å². The summed E-state index contributed by atoms with van der Waals surface area (Å²) in [6.07, 6.45) is 15.5. The van der Waals surface area contributed by atoms with Gasteiger partial charge in [0.05, 0.1) is 0 Å². The van der Waals surface area contributed by atoms with Gasteiger partial charge in [0.1, 0.15) is 0 Å². The first-order valence-corrected chi connectivity index (χ1v) is 8.17. The Morgan fingerprint density at radius 1 is 1.10 bits per heavy atom. The summed E-state index contributed by atoms with van der Waals surface area (Å²) >= 11 is 3.70. The summed E-state index contributed by atoms with van der Waals surface area (Å²) in [6.45, 7) is 4.31. The highest BCUT2D eigenvalue weighted by Crippen LogP contribution is 2.38. The second-order valence-electron chi connectivity index (χ2n) is 5.64. The maximum Gasteiger partial charge on any atom is 0.0235 e. The van der Waals surface area contributed by atoms with Crippen molar-refractivity contribution in [2.45, 2.75) is 18.8 Å². The average molecular weight is 339 g/mol. The van der Waals surface area contributed by atoms with Crippen LogP contribution in [0.1, 0.15) is 24.3 Å². The first-order valence-electron chi connectivity index (χ1n) is 7.38. The molecule has 2 unspecified atom stereocenters. The zero-order valence-corrected chi connectivity index (χ0v) is 13.6. The van der Waals surface area contributed by atoms with Crippen LogP contribution in [0.2, 0.25) is 0 Å². The van der Waals surface area contributed by atoms with E-state index in [4.69, 9.17) is 0 Å². The number of hydrogen-bond acceptors (Lipinski definition) is 0. The number of hydrogen-bond donors (Lipinski definition) is 0. The predicted octanol–water partition coefficient (Wildman–Crippen LogP) is 6.07. The van der Waals surface area contributed by atoms with Crippen LogP contribution >= 0.6 is 15.9 Å². The highest BCUT2D eigenvalue weighted by Gasteiger charge is 2.20. The minimum absolute atomic E-state index is 0.298. The SMILES string of the molecule is C=C1CC(Br)=CC(C2C=CC=CC2)=CC1c1ccccc1. The Balaban J connectivity index is 1.98. The third-order valence-electron chi connectivity index (χ3n) is 4.09. The molecule has 0 aliphatic heterocycles. The van der Waals surface area contributed by atoms with E-state index in [1.165, 1.54) is 21.2 Å². The van der Waals surface area contributed by atoms with E-state index in [2.05, 4.69) is 89.3 Å². The lowest BCUT2D eigenvalue weighted by Crippen LogP contribution is -2.03. The zero-order chi connectivity index (χ0) is 14.7. The van der Waals surface area contributed by atoms with Gasteiger partial charge in [-0.1, -0.05) is 88.8 Å². The molecule has 0 saturated carbocycles. The lowest BCUT2D eigenvalue weighted by atomic mass is 9.86. The van der Waals surface area contributed by atoms with Gasteiger partial charge in [-0.3, -0.25) is 0 Å². The van der Waals surface area contributed by atoms with E-state index >= 15 is 0 Å². The number of benzene rings is 1. The molecule has 1 heteroatoms. The fourth-order valence-corrected chi connectivity index (χ4v) is 3.59. The molecular formula is C20H19Br. The molecule has 0 N–H and O–H groups in total. The van der Waals surface area contributed by atoms with Gasteiger partial charge >= 0.3 is 0 Å². The average Bonchev–Trinajstić information content (AvgIpc) is 2.67. The van der Waals surface area contributed by atoms with E-state index < -0.39 is 0 Å². The summed E-state index contributed by atoms with van der Waals surface area (Å²) in [5, 5.41) is 0. The molecule has 0 nitrogen and oxygen atoms in total. The third kappa shape index (κ3) is 3.36. The number of allylic oxidation sites excluding steroid dienone is 9. The van der Waals surface area contributed by atoms with Gasteiger partial charge in [-0.05, 0) is 28.1 Å². The van der Waals surface area contributed by atoms with E-state index in [1.54, 1.807) is 0 Å². The lowest BCUT2D eigenvalue weighted by Gasteiger charge is -2.18. The Bertz CT molecular complexity index is 644. The molecule has 21 heavy (non-hydrogen) atoms. The summed E-state index contributed by atoms with van der Waals surface area (Å²) in [6, 6.07) is 10.7. The molecule has 3 rings (SSSR count). The van der Waals surface area contributed by atoms with Gasteiger partial charge in [-0.25, -0.2) is 0 Å². The molecule has 0 bridgehead atoms. The monoisotopic (exact) mass is 338 g/mol. The van der Waals surface area contributed by atoms with E-state index in [0.29, 0.717) is 11.8 Å². The number of rotatable bonds is 2. The van der Waals surface area contributed by atoms with Crippen molar-refractivity contribution in [3.05, 3.63) is 94.6 Å². The molecule has 0 radical (unpaired) electrons. The standard InChI is InChI=1S/C20H19Br/c1-15-12-19(21)13-18(16-8-4-2-5-9-16)14-20(15)17-10-6-3-7-11-17/h2-8,10-11,13-14,16,20H,1,9,12H2. The highest BCUT2D eigenvalue weighted by atomic mass is 79.9. The summed E-state index contributed by atoms with van der Waals surface area (Å²) in [7, 11) is 0. The van der Waals surface area contributed by atoms with Crippen molar-refractivity contribution in [3.63, 3.8) is 0 Å². The Hall–Kier alpha value is -1.60. The van der Waals surface area contributed by atoms with Crippen molar-refractivity contribution in [1.29, 1.82) is 0 Å². The zero-order valence-electron chi connectivity index (χ0n) is 12.0. The van der Waals surface area contributed by atoms with Crippen LogP contribution in [-0.2, 0) is 0 Å². The first-order chi connectivity index (χ1) is 10.2. The Morgan fingerprint density at radius 3 is 2.62 bits per heavy atom. The van der Waals surface area contributed by atoms with E-state index in [0.717, 1.165) is 12.8 Å². The summed E-state index contributed by atoms with van der Waals surface area (Å²) in [5.74, 6) is 0.770. The molecule has 0 fully saturated rings. The van der Waals surface area contributed by atoms with Crippen molar-refractivity contribution in [3.8, 4) is 0 Å². The second kappa shape index (κ2) is 6.44. The van der Waals surface area contributed by atoms with E-state index in [1.807, 2.05) is 0 Å². The molecule has 1 aromatic carbocycles. The maximum atomic E-state index is 4.31. The Morgan fingerprint density at radius 2 is 1.90 bits per heavy atom. The quantitative estimate of drug-likeness (QED) is 0.574. The van der Waals surface area contributed by atoms with Gasteiger partial charge < -0.3 is 0 Å². The first kappa shape index (κ1) is 14.3. The largest absolute Gasteiger partial charge is 0.0986 e. The van der Waals surface area contributed by atoms with Crippen molar-refractivity contribution in [2.24, 2.45) is 5.92 Å². The molecule has 0 aromatic heterocycles. The molecule has 2 aliphatic rings. The van der Waals surface area contributed by atoms with Crippen LogP contribution in [0.3, 0.4) is 0 Å². The van der Waals surface area contributed by atoms with Gasteiger partial charge in [0.2, 0.25) is 0 Å². The maximum absolute atomic E-state index is 4.31. The van der Waals surface area contributed by atoms with Crippen LogP contribution in [0.15, 0.2) is 89.0 Å². The lowest BCUT2D eigenvalue weighted by molar-refractivity contribution is 0.777. The molecule has 2 atom stereocenters. The van der Waals surface area contributed by atoms with Gasteiger partial charge in [-0.2, -0.15) is 0 Å². The third-order valence-corrected chi connectivity index (χ3v) is 4.59. The topological polar surface area (TPSA) is 0 Å². The predicted molar refractivity (Wildman–Crippen MR) is 94.4 cm³/mol. The van der Waals surface area contributed by atoms with Crippen LogP contribution in [-0.4, -0.2) is 0 Å². The molecule has 1 aromatic rings. The molecule has 0 spiro atoms. The van der Waals surface area contributed by atoms with Crippen molar-refractivity contribution in [1.82, 2.24) is 0 Å².